The van der Waals surface area contributed by atoms with E-state index in [0.717, 1.165) is 34.9 Å². The van der Waals surface area contributed by atoms with E-state index in [9.17, 15) is 13.6 Å². The number of pyridine rings is 1. The Morgan fingerprint density at radius 1 is 1.15 bits per heavy atom. The molecule has 3 aromatic rings. The first-order valence-corrected chi connectivity index (χ1v) is 8.17. The van der Waals surface area contributed by atoms with Gasteiger partial charge in [-0.25, -0.2) is 18.4 Å². The Balaban J connectivity index is 1.67. The second-order valence-electron chi connectivity index (χ2n) is 5.88. The molecule has 7 heteroatoms. The fraction of sp³-hybridized carbons (Fsp3) is 0.211. The number of aromatic nitrogens is 3. The Hall–Kier alpha value is -3.09. The van der Waals surface area contributed by atoms with Gasteiger partial charge in [0.25, 0.3) is 5.91 Å². The molecule has 0 spiro atoms. The number of carbonyl (C=O) groups excluding carboxylic acids is 1. The van der Waals surface area contributed by atoms with E-state index in [0.29, 0.717) is 13.0 Å². The SMILES string of the molecule is Cc1nn(-c2ccccn2)c(C)c1CCNC(=O)c1ccc(F)c(F)c1. The molecule has 0 saturated carbocycles. The molecule has 0 bridgehead atoms. The number of amides is 1. The number of hydrogen-bond donors (Lipinski definition) is 1. The summed E-state index contributed by atoms with van der Waals surface area (Å²) >= 11 is 0. The third-order valence-corrected chi connectivity index (χ3v) is 4.15. The molecule has 0 atom stereocenters. The van der Waals surface area contributed by atoms with E-state index < -0.39 is 17.5 Å². The Bertz CT molecular complexity index is 938. The van der Waals surface area contributed by atoms with E-state index in [1.54, 1.807) is 10.9 Å². The molecular formula is C19H18F2N4O. The van der Waals surface area contributed by atoms with Crippen LogP contribution in [0.4, 0.5) is 8.78 Å². The van der Waals surface area contributed by atoms with Crippen LogP contribution in [0, 0.1) is 25.5 Å². The van der Waals surface area contributed by atoms with Crippen LogP contribution >= 0.6 is 0 Å². The first-order chi connectivity index (χ1) is 12.5. The number of nitrogens with zero attached hydrogens (tertiary/aromatic N) is 3. The van der Waals surface area contributed by atoms with Crippen molar-refractivity contribution in [1.29, 1.82) is 0 Å². The van der Waals surface area contributed by atoms with Gasteiger partial charge in [0.1, 0.15) is 0 Å². The van der Waals surface area contributed by atoms with E-state index in [2.05, 4.69) is 15.4 Å². The highest BCUT2D eigenvalue weighted by Gasteiger charge is 2.14. The lowest BCUT2D eigenvalue weighted by atomic mass is 10.1. The van der Waals surface area contributed by atoms with E-state index in [-0.39, 0.29) is 5.56 Å². The van der Waals surface area contributed by atoms with Crippen molar-refractivity contribution in [2.45, 2.75) is 20.3 Å². The summed E-state index contributed by atoms with van der Waals surface area (Å²) in [6.45, 7) is 4.20. The molecule has 0 aliphatic heterocycles. The lowest BCUT2D eigenvalue weighted by Gasteiger charge is -2.07. The Kier molecular flexibility index (Phi) is 5.06. The average Bonchev–Trinajstić information content (AvgIpc) is 2.92. The van der Waals surface area contributed by atoms with E-state index in [1.165, 1.54) is 6.07 Å². The second-order valence-corrected chi connectivity index (χ2v) is 5.88. The zero-order valence-corrected chi connectivity index (χ0v) is 14.5. The van der Waals surface area contributed by atoms with Crippen molar-refractivity contribution < 1.29 is 13.6 Å². The van der Waals surface area contributed by atoms with Crippen LogP contribution in [0.25, 0.3) is 5.82 Å². The highest BCUT2D eigenvalue weighted by atomic mass is 19.2. The maximum Gasteiger partial charge on any atom is 0.251 e. The molecule has 0 fully saturated rings. The van der Waals surface area contributed by atoms with E-state index >= 15 is 0 Å². The van der Waals surface area contributed by atoms with Crippen LogP contribution in [-0.4, -0.2) is 27.2 Å². The Labute approximate surface area is 149 Å². The number of rotatable bonds is 5. The van der Waals surface area contributed by atoms with E-state index in [1.807, 2.05) is 32.0 Å². The number of halogens is 2. The van der Waals surface area contributed by atoms with Crippen molar-refractivity contribution in [3.8, 4) is 5.82 Å². The first-order valence-electron chi connectivity index (χ1n) is 8.17. The standard InChI is InChI=1S/C19H18F2N4O/c1-12-15(13(2)25(24-12)18-5-3-4-9-22-18)8-10-23-19(26)14-6-7-16(20)17(21)11-14/h3-7,9,11H,8,10H2,1-2H3,(H,23,26). The summed E-state index contributed by atoms with van der Waals surface area (Å²) in [5.41, 5.74) is 2.90. The lowest BCUT2D eigenvalue weighted by Crippen LogP contribution is -2.26. The van der Waals surface area contributed by atoms with Crippen molar-refractivity contribution in [3.63, 3.8) is 0 Å². The molecule has 2 aromatic heterocycles. The molecule has 1 N–H and O–H groups in total. The smallest absolute Gasteiger partial charge is 0.251 e. The summed E-state index contributed by atoms with van der Waals surface area (Å²) in [5, 5.41) is 7.22. The van der Waals surface area contributed by atoms with Crippen LogP contribution in [-0.2, 0) is 6.42 Å². The third kappa shape index (κ3) is 3.61. The van der Waals surface area contributed by atoms with Gasteiger partial charge in [0.05, 0.1) is 5.69 Å². The predicted octanol–water partition coefficient (Wildman–Crippen LogP) is 3.13. The topological polar surface area (TPSA) is 59.8 Å². The van der Waals surface area contributed by atoms with Crippen molar-refractivity contribution in [2.75, 3.05) is 6.54 Å². The van der Waals surface area contributed by atoms with Gasteiger partial charge in [-0.2, -0.15) is 5.10 Å². The van der Waals surface area contributed by atoms with Crippen LogP contribution < -0.4 is 5.32 Å². The molecule has 0 aliphatic carbocycles. The highest BCUT2D eigenvalue weighted by molar-refractivity contribution is 5.94. The molecule has 0 saturated heterocycles. The summed E-state index contributed by atoms with van der Waals surface area (Å²) in [7, 11) is 0. The number of nitrogens with one attached hydrogen (secondary N) is 1. The van der Waals surface area contributed by atoms with Gasteiger partial charge in [-0.05, 0) is 56.2 Å². The van der Waals surface area contributed by atoms with Crippen LogP contribution in [0.2, 0.25) is 0 Å². The molecule has 0 aliphatic rings. The monoisotopic (exact) mass is 356 g/mol. The number of benzene rings is 1. The minimum atomic E-state index is -1.04. The third-order valence-electron chi connectivity index (χ3n) is 4.15. The normalized spacial score (nSPS) is 10.8. The van der Waals surface area contributed by atoms with Crippen molar-refractivity contribution in [1.82, 2.24) is 20.1 Å². The molecule has 0 radical (unpaired) electrons. The van der Waals surface area contributed by atoms with Gasteiger partial charge in [-0.3, -0.25) is 4.79 Å². The summed E-state index contributed by atoms with van der Waals surface area (Å²) in [5.74, 6) is -1.74. The van der Waals surface area contributed by atoms with Gasteiger partial charge in [0, 0.05) is 24.0 Å². The molecule has 2 heterocycles. The lowest BCUT2D eigenvalue weighted by molar-refractivity contribution is 0.0953. The van der Waals surface area contributed by atoms with Crippen molar-refractivity contribution in [2.24, 2.45) is 0 Å². The van der Waals surface area contributed by atoms with Gasteiger partial charge >= 0.3 is 0 Å². The summed E-state index contributed by atoms with van der Waals surface area (Å²) in [4.78, 5) is 16.4. The molecule has 26 heavy (non-hydrogen) atoms. The van der Waals surface area contributed by atoms with Crippen LogP contribution in [0.3, 0.4) is 0 Å². The van der Waals surface area contributed by atoms with Crippen LogP contribution in [0.1, 0.15) is 27.3 Å². The van der Waals surface area contributed by atoms with E-state index in [4.69, 9.17) is 0 Å². The molecule has 3 rings (SSSR count). The molecule has 0 unspecified atom stereocenters. The van der Waals surface area contributed by atoms with Crippen molar-refractivity contribution in [3.05, 3.63) is 76.7 Å². The Morgan fingerprint density at radius 2 is 1.96 bits per heavy atom. The number of hydrogen-bond acceptors (Lipinski definition) is 3. The quantitative estimate of drug-likeness (QED) is 0.764. The zero-order chi connectivity index (χ0) is 18.7. The summed E-state index contributed by atoms with van der Waals surface area (Å²) < 4.78 is 27.9. The molecule has 1 aromatic carbocycles. The minimum Gasteiger partial charge on any atom is -0.352 e. The highest BCUT2D eigenvalue weighted by Crippen LogP contribution is 2.17. The number of carbonyl (C=O) groups is 1. The maximum absolute atomic E-state index is 13.2. The van der Waals surface area contributed by atoms with Gasteiger partial charge in [-0.15, -0.1) is 0 Å². The zero-order valence-electron chi connectivity index (χ0n) is 14.5. The second kappa shape index (κ2) is 7.43. The van der Waals surface area contributed by atoms with Crippen molar-refractivity contribution >= 4 is 5.91 Å². The van der Waals surface area contributed by atoms with Gasteiger partial charge < -0.3 is 5.32 Å². The fourth-order valence-corrected chi connectivity index (χ4v) is 2.78. The van der Waals surface area contributed by atoms with Gasteiger partial charge in [-0.1, -0.05) is 6.07 Å². The summed E-state index contributed by atoms with van der Waals surface area (Å²) in [6, 6.07) is 8.68. The molecule has 1 amide bonds. The first kappa shape index (κ1) is 17.7. The average molecular weight is 356 g/mol. The molecular weight excluding hydrogens is 338 g/mol. The van der Waals surface area contributed by atoms with Gasteiger partial charge in [0.2, 0.25) is 0 Å². The predicted molar refractivity (Wildman–Crippen MR) is 93.2 cm³/mol. The fourth-order valence-electron chi connectivity index (χ4n) is 2.78. The van der Waals surface area contributed by atoms with Crippen LogP contribution in [0.5, 0.6) is 0 Å². The molecule has 134 valence electrons. The maximum atomic E-state index is 13.2. The largest absolute Gasteiger partial charge is 0.352 e. The van der Waals surface area contributed by atoms with Gasteiger partial charge in [0.15, 0.2) is 17.5 Å². The minimum absolute atomic E-state index is 0.0847. The Morgan fingerprint density at radius 3 is 2.65 bits per heavy atom. The number of aryl methyl sites for hydroxylation is 1. The molecule has 5 nitrogen and oxygen atoms in total. The van der Waals surface area contributed by atoms with Crippen LogP contribution in [0.15, 0.2) is 42.6 Å². The summed E-state index contributed by atoms with van der Waals surface area (Å²) in [6.07, 6.45) is 2.27.